The number of thiophene rings is 1. The molecule has 6 aromatic rings. The molecule has 0 amide bonds. The number of nitrogens with zero attached hydrogens (tertiary/aromatic N) is 7. The molecule has 0 spiro atoms. The lowest BCUT2D eigenvalue weighted by atomic mass is 9.99. The molecule has 2 aliphatic rings. The van der Waals surface area contributed by atoms with Gasteiger partial charge >= 0.3 is 0 Å². The molecule has 0 unspecified atom stereocenters. The molecule has 320 valence electrons. The second kappa shape index (κ2) is 19.9. The number of carbonyl (C=O) groups is 1. The largest absolute Gasteiger partial charge is 0.496 e. The van der Waals surface area contributed by atoms with Crippen molar-refractivity contribution in [3.63, 3.8) is 0 Å². The standard InChI is InChI=1S/C45H49ClN8O4S2.CH4/c1-28(25-37-44-51-50-31(4)54(44)45-41(29(2)30(3)59-45)43(49-37)32-9-11-35(46)12-10-32)47-17-22-57-23-24-58-36-14-18-52(19-15-36)60-40-8-6-7-39(56-5)42(40)33-13-20-53-38(26-33)34(16-21-55)27-48-53;/h6-13,20-21,26-27,36-37,47H,1,14-19,22-25H2,2-5H3;1H4/t37-;/m0./s1. The maximum atomic E-state index is 11.3. The fraction of sp³-hybridized carbons (Fsp3) is 0.370. The van der Waals surface area contributed by atoms with Crippen molar-refractivity contribution in [1.82, 2.24) is 34.0 Å². The molecule has 15 heteroatoms. The number of pyridine rings is 1. The first-order chi connectivity index (χ1) is 29.2. The zero-order valence-corrected chi connectivity index (χ0v) is 36.7. The average molecular weight is 882 g/mol. The summed E-state index contributed by atoms with van der Waals surface area (Å²) in [6.45, 7) is 14.7. The number of rotatable bonds is 17. The second-order valence-electron chi connectivity index (χ2n) is 15.0. The molecular formula is C46H53ClN8O4S2. The van der Waals surface area contributed by atoms with Crippen LogP contribution in [-0.2, 0) is 20.7 Å². The Kier molecular flexibility index (Phi) is 14.4. The number of aromatic nitrogens is 5. The van der Waals surface area contributed by atoms with Gasteiger partial charge in [0.2, 0.25) is 0 Å². The molecule has 61 heavy (non-hydrogen) atoms. The fourth-order valence-electron chi connectivity index (χ4n) is 7.82. The first-order valence-electron chi connectivity index (χ1n) is 20.2. The highest BCUT2D eigenvalue weighted by Gasteiger charge is 2.32. The van der Waals surface area contributed by atoms with Crippen molar-refractivity contribution in [2.45, 2.75) is 70.9 Å². The van der Waals surface area contributed by atoms with Crippen molar-refractivity contribution < 1.29 is 19.0 Å². The lowest BCUT2D eigenvalue weighted by Gasteiger charge is -2.31. The van der Waals surface area contributed by atoms with Crippen LogP contribution in [0.5, 0.6) is 5.75 Å². The Bertz CT molecular complexity index is 2520. The van der Waals surface area contributed by atoms with E-state index < -0.39 is 0 Å². The molecule has 1 fully saturated rings. The SMILES string of the molecule is C.C=C(C[C@@H]1N=C(c2ccc(Cl)cc2)c2c(sc(C)c2C)-n2c(C)nnc21)NCCOCCOC1CCN(Sc2cccc(OC)c2-c2ccn3ncc(CC=O)c3c2)CC1. The van der Waals surface area contributed by atoms with Gasteiger partial charge in [0.25, 0.3) is 0 Å². The van der Waals surface area contributed by atoms with Crippen LogP contribution >= 0.6 is 34.9 Å². The Morgan fingerprint density at radius 1 is 1.03 bits per heavy atom. The number of ether oxygens (including phenoxy) is 3. The summed E-state index contributed by atoms with van der Waals surface area (Å²) in [5.41, 5.74) is 8.99. The molecule has 2 aliphatic heterocycles. The van der Waals surface area contributed by atoms with Crippen molar-refractivity contribution >= 4 is 52.4 Å². The van der Waals surface area contributed by atoms with Crippen LogP contribution < -0.4 is 10.1 Å². The van der Waals surface area contributed by atoms with E-state index in [4.69, 9.17) is 30.8 Å². The Balaban J connectivity index is 0.00000561. The predicted molar refractivity (Wildman–Crippen MR) is 246 cm³/mol. The van der Waals surface area contributed by atoms with Crippen LogP contribution in [0.2, 0.25) is 5.02 Å². The molecule has 6 heterocycles. The normalized spacial score (nSPS) is 15.4. The molecule has 0 aliphatic carbocycles. The number of carbonyl (C=O) groups excluding carboxylic acids is 1. The Morgan fingerprint density at radius 3 is 2.61 bits per heavy atom. The number of halogens is 1. The first-order valence-corrected chi connectivity index (χ1v) is 22.2. The first kappa shape index (κ1) is 44.2. The lowest BCUT2D eigenvalue weighted by Crippen LogP contribution is -2.33. The molecule has 8 rings (SSSR count). The zero-order chi connectivity index (χ0) is 41.8. The molecule has 4 aromatic heterocycles. The second-order valence-corrected chi connectivity index (χ2v) is 17.7. The summed E-state index contributed by atoms with van der Waals surface area (Å²) in [5, 5.41) is 18.7. The number of aldehydes is 1. The highest BCUT2D eigenvalue weighted by Crippen LogP contribution is 2.42. The number of benzene rings is 2. The van der Waals surface area contributed by atoms with Gasteiger partial charge in [-0.05, 0) is 93.1 Å². The summed E-state index contributed by atoms with van der Waals surface area (Å²) < 4.78 is 24.4. The molecule has 0 saturated carbocycles. The van der Waals surface area contributed by atoms with Gasteiger partial charge in [-0.3, -0.25) is 9.56 Å². The fourth-order valence-corrected chi connectivity index (χ4v) is 10.3. The third kappa shape index (κ3) is 9.64. The highest BCUT2D eigenvalue weighted by atomic mass is 35.5. The van der Waals surface area contributed by atoms with Gasteiger partial charge in [0.1, 0.15) is 28.9 Å². The van der Waals surface area contributed by atoms with Crippen LogP contribution in [0, 0.1) is 20.8 Å². The van der Waals surface area contributed by atoms with Gasteiger partial charge in [0.15, 0.2) is 5.82 Å². The van der Waals surface area contributed by atoms with Gasteiger partial charge in [-0.1, -0.05) is 43.8 Å². The summed E-state index contributed by atoms with van der Waals surface area (Å²) in [4.78, 5) is 19.0. The van der Waals surface area contributed by atoms with E-state index in [-0.39, 0.29) is 19.6 Å². The number of fused-ring (bicyclic) bond motifs is 4. The van der Waals surface area contributed by atoms with E-state index in [2.05, 4.69) is 62.0 Å². The van der Waals surface area contributed by atoms with Gasteiger partial charge < -0.3 is 24.3 Å². The molecule has 2 aromatic carbocycles. The summed E-state index contributed by atoms with van der Waals surface area (Å²) >= 11 is 9.77. The minimum Gasteiger partial charge on any atom is -0.496 e. The Hall–Kier alpha value is -4.83. The van der Waals surface area contributed by atoms with Crippen LogP contribution in [0.1, 0.15) is 71.5 Å². The average Bonchev–Trinajstić information content (AvgIpc) is 3.90. The van der Waals surface area contributed by atoms with Crippen LogP contribution in [0.15, 0.2) is 89.2 Å². The van der Waals surface area contributed by atoms with Crippen LogP contribution in [0.4, 0.5) is 0 Å². The van der Waals surface area contributed by atoms with E-state index in [1.807, 2.05) is 55.6 Å². The number of nitrogens with one attached hydrogen (secondary N) is 1. The Labute approximate surface area is 371 Å². The van der Waals surface area contributed by atoms with E-state index in [0.29, 0.717) is 44.2 Å². The van der Waals surface area contributed by atoms with Crippen LogP contribution in [0.25, 0.3) is 21.6 Å². The van der Waals surface area contributed by atoms with E-state index in [0.717, 1.165) is 104 Å². The molecule has 0 radical (unpaired) electrons. The van der Waals surface area contributed by atoms with Gasteiger partial charge in [-0.15, -0.1) is 21.5 Å². The van der Waals surface area contributed by atoms with Crippen LogP contribution in [0.3, 0.4) is 0 Å². The maximum absolute atomic E-state index is 11.3. The number of methoxy groups -OCH3 is 1. The van der Waals surface area contributed by atoms with E-state index in [9.17, 15) is 4.79 Å². The predicted octanol–water partition coefficient (Wildman–Crippen LogP) is 9.20. The van der Waals surface area contributed by atoms with Crippen molar-refractivity contribution in [1.29, 1.82) is 0 Å². The number of aliphatic imine (C=N–C) groups is 1. The number of piperidine rings is 1. The van der Waals surface area contributed by atoms with Crippen LogP contribution in [-0.4, -0.2) is 93.4 Å². The number of aryl methyl sites for hydroxylation is 2. The maximum Gasteiger partial charge on any atom is 0.163 e. The topological polar surface area (TPSA) is 120 Å². The van der Waals surface area contributed by atoms with Crippen molar-refractivity contribution in [2.75, 3.05) is 46.6 Å². The van der Waals surface area contributed by atoms with E-state index in [1.54, 1.807) is 41.1 Å². The monoisotopic (exact) mass is 880 g/mol. The van der Waals surface area contributed by atoms with Gasteiger partial charge in [-0.25, -0.2) is 8.82 Å². The summed E-state index contributed by atoms with van der Waals surface area (Å²) in [6, 6.07) is 17.9. The molecule has 12 nitrogen and oxygen atoms in total. The van der Waals surface area contributed by atoms with E-state index in [1.165, 1.54) is 10.4 Å². The number of hydrogen-bond donors (Lipinski definition) is 1. The summed E-state index contributed by atoms with van der Waals surface area (Å²) in [6.07, 6.45) is 7.55. The van der Waals surface area contributed by atoms with Gasteiger partial charge in [0, 0.05) is 81.4 Å². The van der Waals surface area contributed by atoms with Gasteiger partial charge in [-0.2, -0.15) is 5.10 Å². The van der Waals surface area contributed by atoms with Crippen molar-refractivity contribution in [3.8, 4) is 21.9 Å². The molecular weight excluding hydrogens is 828 g/mol. The Morgan fingerprint density at radius 2 is 1.84 bits per heavy atom. The quantitative estimate of drug-likeness (QED) is 0.0540. The lowest BCUT2D eigenvalue weighted by molar-refractivity contribution is -0.107. The third-order valence-corrected chi connectivity index (χ3v) is 13.6. The van der Waals surface area contributed by atoms with Crippen molar-refractivity contribution in [3.05, 3.63) is 123 Å². The molecule has 0 bridgehead atoms. The third-order valence-electron chi connectivity index (χ3n) is 11.0. The molecule has 1 N–H and O–H groups in total. The minimum atomic E-state index is -0.283. The minimum absolute atomic E-state index is 0. The van der Waals surface area contributed by atoms with Crippen molar-refractivity contribution in [2.24, 2.45) is 4.99 Å². The molecule has 1 saturated heterocycles. The smallest absolute Gasteiger partial charge is 0.163 e. The highest BCUT2D eigenvalue weighted by molar-refractivity contribution is 7.97. The number of hydrogen-bond acceptors (Lipinski definition) is 12. The van der Waals surface area contributed by atoms with E-state index >= 15 is 0 Å². The van der Waals surface area contributed by atoms with Gasteiger partial charge in [0.05, 0.1) is 50.5 Å². The molecule has 1 atom stereocenters. The summed E-state index contributed by atoms with van der Waals surface area (Å²) in [7, 11) is 1.70. The summed E-state index contributed by atoms with van der Waals surface area (Å²) in [5.74, 6) is 2.44. The zero-order valence-electron chi connectivity index (χ0n) is 34.3.